The number of piperazine rings is 1. The quantitative estimate of drug-likeness (QED) is 0.463. The van der Waals surface area contributed by atoms with Crippen LogP contribution in [0, 0.1) is 0 Å². The van der Waals surface area contributed by atoms with Gasteiger partial charge in [0.25, 0.3) is 10.1 Å². The Morgan fingerprint density at radius 2 is 1.55 bits per heavy atom. The Bertz CT molecular complexity index is 800. The Morgan fingerprint density at radius 1 is 1.00 bits per heavy atom. The molecule has 1 fully saturated rings. The number of benzene rings is 1. The van der Waals surface area contributed by atoms with Crippen molar-refractivity contribution in [3.63, 3.8) is 0 Å². The van der Waals surface area contributed by atoms with E-state index in [4.69, 9.17) is 23.5 Å². The summed E-state index contributed by atoms with van der Waals surface area (Å²) in [6, 6.07) is 3.23. The lowest BCUT2D eigenvalue weighted by atomic mass is 10.2. The number of hydrogen-bond donors (Lipinski definition) is 2. The van der Waals surface area contributed by atoms with E-state index < -0.39 is 16.2 Å². The van der Waals surface area contributed by atoms with Crippen molar-refractivity contribution in [2.45, 2.75) is 6.42 Å². The molecule has 1 aromatic rings. The molecule has 0 saturated carbocycles. The highest BCUT2D eigenvalue weighted by molar-refractivity contribution is 7.85. The number of nitrogens with one attached hydrogen (secondary N) is 1. The summed E-state index contributed by atoms with van der Waals surface area (Å²) in [7, 11) is 0.587. The maximum Gasteiger partial charge on any atom is 0.411 e. The summed E-state index contributed by atoms with van der Waals surface area (Å²) >= 11 is 0. The lowest BCUT2D eigenvalue weighted by Crippen LogP contribution is -2.47. The smallest absolute Gasteiger partial charge is 0.411 e. The zero-order chi connectivity index (χ0) is 22.9. The first kappa shape index (κ1) is 25.0. The second kappa shape index (κ2) is 11.9. The fraction of sp³-hybridized carbons (Fsp3) is 0.632. The van der Waals surface area contributed by atoms with Gasteiger partial charge in [0, 0.05) is 44.9 Å². The van der Waals surface area contributed by atoms with Crippen LogP contribution < -0.4 is 19.5 Å². The van der Waals surface area contributed by atoms with E-state index in [-0.39, 0.29) is 12.4 Å². The Balaban J connectivity index is 1.71. The molecule has 31 heavy (non-hydrogen) atoms. The van der Waals surface area contributed by atoms with Gasteiger partial charge >= 0.3 is 6.09 Å². The summed E-state index contributed by atoms with van der Waals surface area (Å²) in [5, 5.41) is 2.65. The number of methoxy groups -OCH3 is 3. The maximum atomic E-state index is 12.1. The largest absolute Gasteiger partial charge is 0.493 e. The first-order valence-electron chi connectivity index (χ1n) is 9.89. The lowest BCUT2D eigenvalue weighted by molar-refractivity contribution is 0.101. The highest BCUT2D eigenvalue weighted by Crippen LogP contribution is 2.39. The van der Waals surface area contributed by atoms with Gasteiger partial charge in [-0.3, -0.25) is 14.8 Å². The van der Waals surface area contributed by atoms with E-state index in [1.54, 1.807) is 12.1 Å². The summed E-state index contributed by atoms with van der Waals surface area (Å²) in [6.45, 7) is 4.64. The van der Waals surface area contributed by atoms with Gasteiger partial charge in [-0.25, -0.2) is 4.79 Å². The molecule has 2 N–H and O–H groups in total. The highest BCUT2D eigenvalue weighted by atomic mass is 32.2. The van der Waals surface area contributed by atoms with E-state index in [9.17, 15) is 13.2 Å². The van der Waals surface area contributed by atoms with Crippen LogP contribution in [-0.4, -0.2) is 102 Å². The Kier molecular flexibility index (Phi) is 9.62. The van der Waals surface area contributed by atoms with Gasteiger partial charge in [-0.1, -0.05) is 0 Å². The number of ether oxygens (including phenoxy) is 4. The first-order chi connectivity index (χ1) is 14.8. The minimum atomic E-state index is -3.90. The molecule has 12 heteroatoms. The number of carbonyl (C=O) groups excluding carboxylic acids is 1. The van der Waals surface area contributed by atoms with Crippen molar-refractivity contribution in [1.29, 1.82) is 0 Å². The van der Waals surface area contributed by atoms with Crippen LogP contribution in [0.25, 0.3) is 0 Å². The van der Waals surface area contributed by atoms with Crippen LogP contribution in [-0.2, 0) is 14.9 Å². The predicted molar refractivity (Wildman–Crippen MR) is 115 cm³/mol. The van der Waals surface area contributed by atoms with Crippen molar-refractivity contribution in [2.24, 2.45) is 0 Å². The molecule has 1 aromatic carbocycles. The fourth-order valence-corrected chi connectivity index (χ4v) is 3.78. The molecule has 0 aromatic heterocycles. The number of amides is 1. The molecule has 1 heterocycles. The average molecular weight is 462 g/mol. The van der Waals surface area contributed by atoms with Crippen molar-refractivity contribution < 1.29 is 36.7 Å². The van der Waals surface area contributed by atoms with Crippen LogP contribution in [0.2, 0.25) is 0 Å². The van der Waals surface area contributed by atoms with Gasteiger partial charge in [0.05, 0.1) is 32.8 Å². The predicted octanol–water partition coefficient (Wildman–Crippen LogP) is 1.16. The fourth-order valence-electron chi connectivity index (χ4n) is 3.28. The third kappa shape index (κ3) is 8.40. The topological polar surface area (TPSA) is 127 Å². The van der Waals surface area contributed by atoms with Crippen LogP contribution in [0.1, 0.15) is 6.42 Å². The van der Waals surface area contributed by atoms with Gasteiger partial charge in [-0.15, -0.1) is 0 Å². The summed E-state index contributed by atoms with van der Waals surface area (Å²) in [5.41, 5.74) is 0.456. The molecule has 0 unspecified atom stereocenters. The van der Waals surface area contributed by atoms with E-state index in [0.717, 1.165) is 26.2 Å². The Morgan fingerprint density at radius 3 is 2.03 bits per heavy atom. The number of anilines is 1. The van der Waals surface area contributed by atoms with Crippen molar-refractivity contribution >= 4 is 21.9 Å². The van der Waals surface area contributed by atoms with Gasteiger partial charge in [0.15, 0.2) is 11.5 Å². The number of rotatable bonds is 11. The van der Waals surface area contributed by atoms with Gasteiger partial charge in [-0.2, -0.15) is 8.42 Å². The zero-order valence-corrected chi connectivity index (χ0v) is 18.9. The normalized spacial score (nSPS) is 15.4. The summed E-state index contributed by atoms with van der Waals surface area (Å²) in [5.74, 6) is 1.06. The minimum Gasteiger partial charge on any atom is -0.493 e. The third-order valence-electron chi connectivity index (χ3n) is 4.89. The number of carbonyl (C=O) groups is 1. The standard InChI is InChI=1S/C19H31N3O8S/c1-27-16-13-15(14-17(28-2)18(16)29-3)20-19(23)30-11-10-22-8-6-21(7-9-22)5-4-12-31(24,25)26/h13-14H,4-12H2,1-3H3,(H,20,23)(H,24,25,26). The Hall–Kier alpha value is -2.28. The molecule has 2 rings (SSSR count). The molecule has 1 aliphatic heterocycles. The van der Waals surface area contributed by atoms with Crippen LogP contribution in [0.5, 0.6) is 17.2 Å². The maximum absolute atomic E-state index is 12.1. The number of nitrogens with zero attached hydrogens (tertiary/aromatic N) is 2. The molecule has 1 saturated heterocycles. The molecule has 0 bridgehead atoms. The molecule has 0 atom stereocenters. The van der Waals surface area contributed by atoms with E-state index in [1.807, 2.05) is 0 Å². The van der Waals surface area contributed by atoms with Crippen LogP contribution in [0.4, 0.5) is 10.5 Å². The molecular weight excluding hydrogens is 430 g/mol. The van der Waals surface area contributed by atoms with E-state index in [2.05, 4.69) is 15.1 Å². The Labute approximate surface area is 182 Å². The second-order valence-corrected chi connectivity index (χ2v) is 8.57. The van der Waals surface area contributed by atoms with E-state index >= 15 is 0 Å². The highest BCUT2D eigenvalue weighted by Gasteiger charge is 2.18. The zero-order valence-electron chi connectivity index (χ0n) is 18.1. The van der Waals surface area contributed by atoms with Crippen molar-refractivity contribution in [1.82, 2.24) is 9.80 Å². The first-order valence-corrected chi connectivity index (χ1v) is 11.5. The molecule has 0 radical (unpaired) electrons. The average Bonchev–Trinajstić information content (AvgIpc) is 2.73. The van der Waals surface area contributed by atoms with Gasteiger partial charge < -0.3 is 23.8 Å². The van der Waals surface area contributed by atoms with Crippen LogP contribution in [0.15, 0.2) is 12.1 Å². The third-order valence-corrected chi connectivity index (χ3v) is 5.70. The monoisotopic (exact) mass is 461 g/mol. The molecule has 0 spiro atoms. The van der Waals surface area contributed by atoms with Crippen molar-refractivity contribution in [2.75, 3.05) is 78.3 Å². The molecule has 1 amide bonds. The number of hydrogen-bond acceptors (Lipinski definition) is 9. The van der Waals surface area contributed by atoms with Gasteiger partial charge in [0.1, 0.15) is 6.61 Å². The molecule has 11 nitrogen and oxygen atoms in total. The van der Waals surface area contributed by atoms with Crippen LogP contribution >= 0.6 is 0 Å². The van der Waals surface area contributed by atoms with Gasteiger partial charge in [-0.05, 0) is 13.0 Å². The summed E-state index contributed by atoms with van der Waals surface area (Å²) in [4.78, 5) is 16.4. The van der Waals surface area contributed by atoms with Crippen LogP contribution in [0.3, 0.4) is 0 Å². The van der Waals surface area contributed by atoms with E-state index in [0.29, 0.717) is 42.4 Å². The SMILES string of the molecule is COc1cc(NC(=O)OCCN2CCN(CCCS(=O)(=O)O)CC2)cc(OC)c1OC. The van der Waals surface area contributed by atoms with Crippen molar-refractivity contribution in [3.05, 3.63) is 12.1 Å². The van der Waals surface area contributed by atoms with Gasteiger partial charge in [0.2, 0.25) is 5.75 Å². The summed E-state index contributed by atoms with van der Waals surface area (Å²) in [6.07, 6.45) is -0.179. The molecule has 0 aliphatic carbocycles. The summed E-state index contributed by atoms with van der Waals surface area (Å²) < 4.78 is 51.4. The van der Waals surface area contributed by atoms with Crippen molar-refractivity contribution in [3.8, 4) is 17.2 Å². The van der Waals surface area contributed by atoms with E-state index in [1.165, 1.54) is 21.3 Å². The lowest BCUT2D eigenvalue weighted by Gasteiger charge is -2.34. The molecule has 1 aliphatic rings. The second-order valence-electron chi connectivity index (χ2n) is 7.00. The molecular formula is C19H31N3O8S. The molecule has 176 valence electrons. The minimum absolute atomic E-state index is 0.220.